The third-order valence-electron chi connectivity index (χ3n) is 3.44. The Morgan fingerprint density at radius 1 is 0.917 bits per heavy atom. The van der Waals surface area contributed by atoms with Crippen molar-refractivity contribution in [3.63, 3.8) is 0 Å². The standard InChI is InChI=1S/C16H26Br2O6/c1-13(2,17)11(19)21-7-16(8-22-12(20)14(3,4)18)9-23-15(5,6)24-10-16/h7-10H2,1-6H3. The molecule has 6 nitrogen and oxygen atoms in total. The molecule has 1 aliphatic rings. The van der Waals surface area contributed by atoms with E-state index in [1.54, 1.807) is 41.5 Å². The maximum atomic E-state index is 12.0. The van der Waals surface area contributed by atoms with E-state index in [1.165, 1.54) is 0 Å². The lowest BCUT2D eigenvalue weighted by Gasteiger charge is -2.42. The largest absolute Gasteiger partial charge is 0.464 e. The average Bonchev–Trinajstić information content (AvgIpc) is 2.42. The van der Waals surface area contributed by atoms with E-state index < -0.39 is 31.8 Å². The molecular formula is C16H26Br2O6. The highest BCUT2D eigenvalue weighted by Gasteiger charge is 2.44. The number of esters is 2. The molecule has 0 N–H and O–H groups in total. The Morgan fingerprint density at radius 2 is 1.25 bits per heavy atom. The minimum atomic E-state index is -0.793. The lowest BCUT2D eigenvalue weighted by Crippen LogP contribution is -2.52. The number of halogens is 2. The summed E-state index contributed by atoms with van der Waals surface area (Å²) in [5, 5.41) is 0. The van der Waals surface area contributed by atoms with Crippen LogP contribution in [-0.2, 0) is 28.5 Å². The highest BCUT2D eigenvalue weighted by molar-refractivity contribution is 9.10. The fourth-order valence-electron chi connectivity index (χ4n) is 1.73. The van der Waals surface area contributed by atoms with Gasteiger partial charge >= 0.3 is 11.9 Å². The summed E-state index contributed by atoms with van der Waals surface area (Å²) in [6, 6.07) is 0. The van der Waals surface area contributed by atoms with E-state index in [1.807, 2.05) is 0 Å². The minimum absolute atomic E-state index is 0.0347. The summed E-state index contributed by atoms with van der Waals surface area (Å²) in [5.74, 6) is -1.53. The van der Waals surface area contributed by atoms with E-state index >= 15 is 0 Å². The van der Waals surface area contributed by atoms with Gasteiger partial charge in [0.2, 0.25) is 0 Å². The average molecular weight is 474 g/mol. The molecule has 0 aromatic carbocycles. The molecule has 1 fully saturated rings. The lowest BCUT2D eigenvalue weighted by molar-refractivity contribution is -0.296. The Hall–Kier alpha value is -0.180. The van der Waals surface area contributed by atoms with Gasteiger partial charge in [0, 0.05) is 0 Å². The number of hydrogen-bond donors (Lipinski definition) is 0. The summed E-state index contributed by atoms with van der Waals surface area (Å²) < 4.78 is 20.6. The molecule has 1 aliphatic heterocycles. The zero-order valence-corrected chi connectivity index (χ0v) is 18.2. The van der Waals surface area contributed by atoms with Crippen molar-refractivity contribution in [1.29, 1.82) is 0 Å². The van der Waals surface area contributed by atoms with E-state index in [0.29, 0.717) is 0 Å². The molecule has 1 rings (SSSR count). The van der Waals surface area contributed by atoms with Gasteiger partial charge in [0.15, 0.2) is 5.79 Å². The molecule has 0 unspecified atom stereocenters. The summed E-state index contributed by atoms with van der Waals surface area (Å²) in [4.78, 5) is 24.0. The zero-order valence-electron chi connectivity index (χ0n) is 15.0. The van der Waals surface area contributed by atoms with Crippen molar-refractivity contribution in [3.05, 3.63) is 0 Å². The molecule has 140 valence electrons. The van der Waals surface area contributed by atoms with Gasteiger partial charge in [-0.05, 0) is 41.5 Å². The molecule has 0 bridgehead atoms. The molecule has 0 amide bonds. The van der Waals surface area contributed by atoms with E-state index in [4.69, 9.17) is 18.9 Å². The smallest absolute Gasteiger partial charge is 0.322 e. The first-order chi connectivity index (χ1) is 10.7. The summed E-state index contributed by atoms with van der Waals surface area (Å²) >= 11 is 6.53. The molecule has 1 heterocycles. The van der Waals surface area contributed by atoms with E-state index in [9.17, 15) is 9.59 Å². The monoisotopic (exact) mass is 472 g/mol. The van der Waals surface area contributed by atoms with Gasteiger partial charge in [-0.15, -0.1) is 0 Å². The number of ether oxygens (including phenoxy) is 4. The van der Waals surface area contributed by atoms with Crippen LogP contribution in [0.15, 0.2) is 0 Å². The van der Waals surface area contributed by atoms with Crippen LogP contribution in [-0.4, -0.2) is 52.8 Å². The zero-order chi connectivity index (χ0) is 18.8. The first-order valence-corrected chi connectivity index (χ1v) is 9.26. The molecule has 1 saturated heterocycles. The number of carbonyl (C=O) groups excluding carboxylic acids is 2. The summed E-state index contributed by atoms with van der Waals surface area (Å²) in [7, 11) is 0. The van der Waals surface area contributed by atoms with Crippen LogP contribution in [0.25, 0.3) is 0 Å². The highest BCUT2D eigenvalue weighted by atomic mass is 79.9. The molecule has 0 aromatic rings. The van der Waals surface area contributed by atoms with Crippen molar-refractivity contribution in [2.24, 2.45) is 5.41 Å². The molecular weight excluding hydrogens is 448 g/mol. The van der Waals surface area contributed by atoms with Gasteiger partial charge in [-0.2, -0.15) is 0 Å². The van der Waals surface area contributed by atoms with Crippen LogP contribution in [0, 0.1) is 5.41 Å². The Bertz CT molecular complexity index is 434. The molecule has 0 spiro atoms. The molecule has 24 heavy (non-hydrogen) atoms. The second-order valence-corrected chi connectivity index (χ2v) is 11.5. The summed E-state index contributed by atoms with van der Waals surface area (Å²) in [6.07, 6.45) is 0. The first-order valence-electron chi connectivity index (χ1n) is 7.67. The molecule has 0 aromatic heterocycles. The van der Waals surface area contributed by atoms with Gasteiger partial charge in [-0.1, -0.05) is 31.9 Å². The second kappa shape index (κ2) is 7.60. The van der Waals surface area contributed by atoms with Crippen molar-refractivity contribution in [3.8, 4) is 0 Å². The lowest BCUT2D eigenvalue weighted by atomic mass is 9.90. The van der Waals surface area contributed by atoms with Gasteiger partial charge < -0.3 is 18.9 Å². The van der Waals surface area contributed by atoms with Crippen LogP contribution < -0.4 is 0 Å². The van der Waals surface area contributed by atoms with Gasteiger partial charge in [0.25, 0.3) is 0 Å². The number of rotatable bonds is 6. The molecule has 0 atom stereocenters. The van der Waals surface area contributed by atoms with Crippen molar-refractivity contribution < 1.29 is 28.5 Å². The fraction of sp³-hybridized carbons (Fsp3) is 0.875. The van der Waals surface area contributed by atoms with Crippen LogP contribution >= 0.6 is 31.9 Å². The van der Waals surface area contributed by atoms with Crippen molar-refractivity contribution in [1.82, 2.24) is 0 Å². The van der Waals surface area contributed by atoms with Gasteiger partial charge in [-0.25, -0.2) is 0 Å². The van der Waals surface area contributed by atoms with Gasteiger partial charge in [0.05, 0.1) is 18.6 Å². The normalized spacial score (nSPS) is 20.3. The Labute approximate surface area is 160 Å². The van der Waals surface area contributed by atoms with Crippen molar-refractivity contribution >= 4 is 43.8 Å². The molecule has 0 saturated carbocycles. The number of carbonyl (C=O) groups is 2. The summed E-state index contributed by atoms with van der Waals surface area (Å²) in [6.45, 7) is 11.0. The predicted octanol–water partition coefficient (Wildman–Crippen LogP) is 3.19. The number of hydrogen-bond acceptors (Lipinski definition) is 6. The van der Waals surface area contributed by atoms with Crippen molar-refractivity contribution in [2.75, 3.05) is 26.4 Å². The van der Waals surface area contributed by atoms with Crippen LogP contribution in [0.5, 0.6) is 0 Å². The predicted molar refractivity (Wildman–Crippen MR) is 96.3 cm³/mol. The maximum Gasteiger partial charge on any atom is 0.322 e. The van der Waals surface area contributed by atoms with E-state index in [2.05, 4.69) is 31.9 Å². The first kappa shape index (κ1) is 21.9. The van der Waals surface area contributed by atoms with Gasteiger partial charge in [0.1, 0.15) is 21.9 Å². The number of alkyl halides is 2. The SMILES string of the molecule is CC1(C)OCC(COC(=O)C(C)(C)Br)(COC(=O)C(C)(C)Br)CO1. The molecule has 8 heteroatoms. The fourth-order valence-corrected chi connectivity index (χ4v) is 1.95. The Kier molecular flexibility index (Phi) is 6.92. The molecule has 0 radical (unpaired) electrons. The van der Waals surface area contributed by atoms with Crippen LogP contribution in [0.4, 0.5) is 0 Å². The Morgan fingerprint density at radius 3 is 1.54 bits per heavy atom. The van der Waals surface area contributed by atoms with E-state index in [0.717, 1.165) is 0 Å². The van der Waals surface area contributed by atoms with Gasteiger partial charge in [-0.3, -0.25) is 9.59 Å². The quantitative estimate of drug-likeness (QED) is 0.435. The molecule has 0 aliphatic carbocycles. The maximum absolute atomic E-state index is 12.0. The van der Waals surface area contributed by atoms with E-state index in [-0.39, 0.29) is 26.4 Å². The second-order valence-electron chi connectivity index (χ2n) is 7.57. The van der Waals surface area contributed by atoms with Crippen LogP contribution in [0.3, 0.4) is 0 Å². The summed E-state index contributed by atoms with van der Waals surface area (Å²) in [5.41, 5.74) is -0.739. The van der Waals surface area contributed by atoms with Crippen molar-refractivity contribution in [2.45, 2.75) is 56.0 Å². The van der Waals surface area contributed by atoms with Crippen LogP contribution in [0.2, 0.25) is 0 Å². The third kappa shape index (κ3) is 6.61. The topological polar surface area (TPSA) is 71.1 Å². The highest BCUT2D eigenvalue weighted by Crippen LogP contribution is 2.32. The van der Waals surface area contributed by atoms with Crippen LogP contribution in [0.1, 0.15) is 41.5 Å². The Balaban J connectivity index is 2.78. The third-order valence-corrected chi connectivity index (χ3v) is 4.09. The minimum Gasteiger partial charge on any atom is -0.464 e.